The van der Waals surface area contributed by atoms with Crippen molar-refractivity contribution in [1.29, 1.82) is 0 Å². The summed E-state index contributed by atoms with van der Waals surface area (Å²) in [5, 5.41) is 9.61. The van der Waals surface area contributed by atoms with Gasteiger partial charge in [0.1, 0.15) is 0 Å². The third-order valence-corrected chi connectivity index (χ3v) is 4.36. The van der Waals surface area contributed by atoms with E-state index < -0.39 is 16.9 Å². The third kappa shape index (κ3) is 3.65. The summed E-state index contributed by atoms with van der Waals surface area (Å²) in [5.41, 5.74) is 2.00. The first-order valence-electron chi connectivity index (χ1n) is 6.51. The van der Waals surface area contributed by atoms with E-state index in [9.17, 15) is 9.32 Å². The zero-order valence-corrected chi connectivity index (χ0v) is 12.4. The topological polar surface area (TPSA) is 37.3 Å². The smallest absolute Gasteiger partial charge is 0.0853 e. The average Bonchev–Trinajstić information content (AvgIpc) is 2.45. The third-order valence-electron chi connectivity index (χ3n) is 2.89. The van der Waals surface area contributed by atoms with Crippen LogP contribution in [0.5, 0.6) is 0 Å². The van der Waals surface area contributed by atoms with Crippen molar-refractivity contribution in [3.8, 4) is 0 Å². The molecule has 0 aliphatic rings. The molecule has 0 aromatic heterocycles. The fraction of sp³-hybridized carbons (Fsp3) is 0.176. The lowest BCUT2D eigenvalue weighted by atomic mass is 10.2. The average molecular weight is 286 g/mol. The van der Waals surface area contributed by atoms with E-state index in [1.807, 2.05) is 61.5 Å². The second-order valence-electron chi connectivity index (χ2n) is 4.72. The normalized spacial score (nSPS) is 14.8. The molecule has 104 valence electrons. The van der Waals surface area contributed by atoms with Crippen LogP contribution < -0.4 is 0 Å². The van der Waals surface area contributed by atoms with Crippen LogP contribution in [0.4, 0.5) is 0 Å². The van der Waals surface area contributed by atoms with Crippen LogP contribution in [-0.2, 0) is 10.8 Å². The standard InChI is InChI=1S/C17H18O2S/c1-13-8-10-16(11-9-13)20(19)17(12-14(2)18)15-6-4-3-5-7-15/h3-12,14,18H,1-2H3/b17-12-/t14-,20+/m1/s1. The quantitative estimate of drug-likeness (QED) is 0.933. The van der Waals surface area contributed by atoms with Gasteiger partial charge in [-0.15, -0.1) is 0 Å². The highest BCUT2D eigenvalue weighted by molar-refractivity contribution is 7.94. The predicted octanol–water partition coefficient (Wildman–Crippen LogP) is 3.52. The summed E-state index contributed by atoms with van der Waals surface area (Å²) in [5.74, 6) is 0. The number of aryl methyl sites for hydroxylation is 1. The molecular formula is C17H18O2S. The number of aliphatic hydroxyl groups is 1. The Balaban J connectivity index is 2.42. The number of rotatable bonds is 4. The molecule has 2 nitrogen and oxygen atoms in total. The van der Waals surface area contributed by atoms with Crippen LogP contribution in [-0.4, -0.2) is 15.4 Å². The van der Waals surface area contributed by atoms with Gasteiger partial charge in [0.25, 0.3) is 0 Å². The van der Waals surface area contributed by atoms with Crippen LogP contribution >= 0.6 is 0 Å². The number of hydrogen-bond donors (Lipinski definition) is 1. The molecule has 0 radical (unpaired) electrons. The molecule has 2 atom stereocenters. The van der Waals surface area contributed by atoms with Crippen molar-refractivity contribution in [3.63, 3.8) is 0 Å². The summed E-state index contributed by atoms with van der Waals surface area (Å²) in [6, 6.07) is 17.1. The number of hydrogen-bond acceptors (Lipinski definition) is 2. The molecule has 2 rings (SSSR count). The molecule has 0 fully saturated rings. The lowest BCUT2D eigenvalue weighted by Gasteiger charge is -2.10. The first-order valence-corrected chi connectivity index (χ1v) is 7.66. The van der Waals surface area contributed by atoms with Crippen molar-refractivity contribution in [3.05, 3.63) is 71.8 Å². The first kappa shape index (κ1) is 14.7. The van der Waals surface area contributed by atoms with Crippen molar-refractivity contribution >= 4 is 15.7 Å². The van der Waals surface area contributed by atoms with Gasteiger partial charge in [-0.3, -0.25) is 0 Å². The second kappa shape index (κ2) is 6.64. The van der Waals surface area contributed by atoms with Crippen LogP contribution in [0.1, 0.15) is 18.1 Å². The van der Waals surface area contributed by atoms with Gasteiger partial charge in [0.2, 0.25) is 0 Å². The predicted molar refractivity (Wildman–Crippen MR) is 83.7 cm³/mol. The minimum atomic E-state index is -1.30. The monoisotopic (exact) mass is 286 g/mol. The fourth-order valence-corrected chi connectivity index (χ4v) is 3.18. The van der Waals surface area contributed by atoms with Gasteiger partial charge in [0.15, 0.2) is 0 Å². The Morgan fingerprint density at radius 1 is 1.10 bits per heavy atom. The van der Waals surface area contributed by atoms with Crippen molar-refractivity contribution in [2.45, 2.75) is 24.8 Å². The summed E-state index contributed by atoms with van der Waals surface area (Å²) >= 11 is 0. The van der Waals surface area contributed by atoms with Crippen molar-refractivity contribution in [2.24, 2.45) is 0 Å². The maximum absolute atomic E-state index is 12.7. The Labute approximate surface area is 122 Å². The molecule has 0 saturated heterocycles. The largest absolute Gasteiger partial charge is 0.389 e. The van der Waals surface area contributed by atoms with Crippen LogP contribution in [0.2, 0.25) is 0 Å². The summed E-state index contributed by atoms with van der Waals surface area (Å²) in [4.78, 5) is 1.39. The molecule has 0 heterocycles. The lowest BCUT2D eigenvalue weighted by molar-refractivity contribution is 0.245. The van der Waals surface area contributed by atoms with Crippen LogP contribution in [0.3, 0.4) is 0 Å². The zero-order chi connectivity index (χ0) is 14.5. The maximum atomic E-state index is 12.7. The molecule has 3 heteroatoms. The van der Waals surface area contributed by atoms with Gasteiger partial charge in [-0.25, -0.2) is 4.21 Å². The Bertz CT molecular complexity index is 613. The van der Waals surface area contributed by atoms with E-state index in [0.29, 0.717) is 4.91 Å². The molecule has 1 N–H and O–H groups in total. The van der Waals surface area contributed by atoms with E-state index in [1.54, 1.807) is 13.0 Å². The van der Waals surface area contributed by atoms with Crippen LogP contribution in [0, 0.1) is 6.92 Å². The van der Waals surface area contributed by atoms with Crippen LogP contribution in [0.25, 0.3) is 4.91 Å². The lowest BCUT2D eigenvalue weighted by Crippen LogP contribution is -2.02. The van der Waals surface area contributed by atoms with Gasteiger partial charge in [0.05, 0.1) is 16.9 Å². The number of aliphatic hydroxyl groups excluding tert-OH is 1. The van der Waals surface area contributed by atoms with Crippen molar-refractivity contribution in [2.75, 3.05) is 0 Å². The molecular weight excluding hydrogens is 268 g/mol. The highest BCUT2D eigenvalue weighted by atomic mass is 32.2. The molecule has 0 aliphatic heterocycles. The Hall–Kier alpha value is -1.71. The molecule has 0 aliphatic carbocycles. The Morgan fingerprint density at radius 3 is 2.25 bits per heavy atom. The molecule has 0 saturated carbocycles. The van der Waals surface area contributed by atoms with Gasteiger partial charge >= 0.3 is 0 Å². The second-order valence-corrected chi connectivity index (χ2v) is 6.17. The molecule has 2 aromatic rings. The van der Waals surface area contributed by atoms with Gasteiger partial charge < -0.3 is 5.11 Å². The maximum Gasteiger partial charge on any atom is 0.0853 e. The number of benzene rings is 2. The molecule has 20 heavy (non-hydrogen) atoms. The van der Waals surface area contributed by atoms with Crippen molar-refractivity contribution < 1.29 is 9.32 Å². The fourth-order valence-electron chi connectivity index (χ4n) is 1.88. The summed E-state index contributed by atoms with van der Waals surface area (Å²) in [6.45, 7) is 3.66. The molecule has 0 amide bonds. The van der Waals surface area contributed by atoms with E-state index in [1.165, 1.54) is 0 Å². The van der Waals surface area contributed by atoms with E-state index >= 15 is 0 Å². The zero-order valence-electron chi connectivity index (χ0n) is 11.6. The van der Waals surface area contributed by atoms with Crippen LogP contribution in [0.15, 0.2) is 65.6 Å². The Kier molecular flexibility index (Phi) is 4.88. The molecule has 2 aromatic carbocycles. The van der Waals surface area contributed by atoms with Gasteiger partial charge in [-0.1, -0.05) is 48.0 Å². The van der Waals surface area contributed by atoms with E-state index in [2.05, 4.69) is 0 Å². The van der Waals surface area contributed by atoms with E-state index in [0.717, 1.165) is 16.0 Å². The van der Waals surface area contributed by atoms with Crippen molar-refractivity contribution in [1.82, 2.24) is 0 Å². The summed E-state index contributed by atoms with van der Waals surface area (Å²) in [7, 11) is -1.30. The Morgan fingerprint density at radius 2 is 1.70 bits per heavy atom. The van der Waals surface area contributed by atoms with E-state index in [4.69, 9.17) is 0 Å². The highest BCUT2D eigenvalue weighted by Gasteiger charge is 2.13. The molecule has 0 bridgehead atoms. The molecule has 0 spiro atoms. The summed E-state index contributed by atoms with van der Waals surface area (Å²) < 4.78 is 12.7. The SMILES string of the molecule is Cc1ccc([S@](=O)/C(=C\[C@@H](C)O)c2ccccc2)cc1. The van der Waals surface area contributed by atoms with Gasteiger partial charge in [-0.2, -0.15) is 0 Å². The summed E-state index contributed by atoms with van der Waals surface area (Å²) in [6.07, 6.45) is 1.00. The minimum absolute atomic E-state index is 0.639. The van der Waals surface area contributed by atoms with Gasteiger partial charge in [-0.05, 0) is 37.6 Å². The highest BCUT2D eigenvalue weighted by Crippen LogP contribution is 2.24. The van der Waals surface area contributed by atoms with Gasteiger partial charge in [0, 0.05) is 9.80 Å². The minimum Gasteiger partial charge on any atom is -0.389 e. The van der Waals surface area contributed by atoms with E-state index in [-0.39, 0.29) is 0 Å². The first-order chi connectivity index (χ1) is 9.58. The molecule has 0 unspecified atom stereocenters.